The Bertz CT molecular complexity index is 420. The molecule has 5 heteroatoms. The highest BCUT2D eigenvalue weighted by Gasteiger charge is 2.22. The van der Waals surface area contributed by atoms with Gasteiger partial charge < -0.3 is 15.1 Å². The van der Waals surface area contributed by atoms with Crippen LogP contribution in [-0.2, 0) is 11.3 Å². The molecular formula is C14H21N3O2. The van der Waals surface area contributed by atoms with Crippen LogP contribution in [0, 0.1) is 17.2 Å². The molecule has 2 N–H and O–H groups in total. The predicted molar refractivity (Wildman–Crippen MR) is 71.8 cm³/mol. The molecule has 1 amide bonds. The van der Waals surface area contributed by atoms with Crippen molar-refractivity contribution in [1.82, 2.24) is 4.90 Å². The van der Waals surface area contributed by atoms with Crippen LogP contribution in [0.25, 0.3) is 0 Å². The minimum atomic E-state index is -0.520. The zero-order chi connectivity index (χ0) is 14.3. The molecule has 0 spiro atoms. The van der Waals surface area contributed by atoms with Crippen molar-refractivity contribution in [2.45, 2.75) is 39.3 Å². The second-order valence-corrected chi connectivity index (χ2v) is 4.98. The Morgan fingerprint density at radius 2 is 2.32 bits per heavy atom. The maximum atomic E-state index is 12.3. The van der Waals surface area contributed by atoms with Gasteiger partial charge in [0, 0.05) is 6.54 Å². The molecule has 0 saturated heterocycles. The molecule has 1 rings (SSSR count). The van der Waals surface area contributed by atoms with Crippen molar-refractivity contribution >= 4 is 5.91 Å². The average molecular weight is 263 g/mol. The zero-order valence-corrected chi connectivity index (χ0v) is 11.5. The smallest absolute Gasteiger partial charge is 0.239 e. The Labute approximate surface area is 114 Å². The molecule has 0 bridgehead atoms. The molecular weight excluding hydrogens is 242 g/mol. The first-order chi connectivity index (χ1) is 9.04. The van der Waals surface area contributed by atoms with Gasteiger partial charge in [-0.2, -0.15) is 5.26 Å². The summed E-state index contributed by atoms with van der Waals surface area (Å²) in [5.41, 5.74) is 5.92. The van der Waals surface area contributed by atoms with E-state index in [2.05, 4.69) is 0 Å². The van der Waals surface area contributed by atoms with Gasteiger partial charge >= 0.3 is 0 Å². The van der Waals surface area contributed by atoms with Crippen molar-refractivity contribution in [3.63, 3.8) is 0 Å². The minimum absolute atomic E-state index is 0.125. The summed E-state index contributed by atoms with van der Waals surface area (Å²) < 4.78 is 5.24. The SMILES string of the molecule is CC(C)CC(N)C(=O)N(CCC#N)Cc1ccco1. The summed E-state index contributed by atoms with van der Waals surface area (Å²) in [6.07, 6.45) is 2.50. The van der Waals surface area contributed by atoms with Crippen LogP contribution in [0.1, 0.15) is 32.4 Å². The Morgan fingerprint density at radius 1 is 1.58 bits per heavy atom. The van der Waals surface area contributed by atoms with E-state index in [1.54, 1.807) is 23.3 Å². The highest BCUT2D eigenvalue weighted by Crippen LogP contribution is 2.11. The molecule has 0 aromatic carbocycles. The maximum absolute atomic E-state index is 12.3. The molecule has 0 aliphatic carbocycles. The first-order valence-corrected chi connectivity index (χ1v) is 6.48. The molecule has 104 valence electrons. The minimum Gasteiger partial charge on any atom is -0.467 e. The summed E-state index contributed by atoms with van der Waals surface area (Å²) in [7, 11) is 0. The highest BCUT2D eigenvalue weighted by atomic mass is 16.3. The first-order valence-electron chi connectivity index (χ1n) is 6.48. The van der Waals surface area contributed by atoms with E-state index in [9.17, 15) is 4.79 Å². The molecule has 5 nitrogen and oxygen atoms in total. The summed E-state index contributed by atoms with van der Waals surface area (Å²) in [6.45, 7) is 4.79. The van der Waals surface area contributed by atoms with Gasteiger partial charge in [-0.15, -0.1) is 0 Å². The monoisotopic (exact) mass is 263 g/mol. The van der Waals surface area contributed by atoms with Gasteiger partial charge in [-0.25, -0.2) is 0 Å². The predicted octanol–water partition coefficient (Wildman–Crippen LogP) is 1.90. The van der Waals surface area contributed by atoms with Crippen LogP contribution in [0.3, 0.4) is 0 Å². The van der Waals surface area contributed by atoms with Gasteiger partial charge in [0.15, 0.2) is 0 Å². The number of hydrogen-bond donors (Lipinski definition) is 1. The maximum Gasteiger partial charge on any atom is 0.239 e. The van der Waals surface area contributed by atoms with Crippen LogP contribution < -0.4 is 5.73 Å². The van der Waals surface area contributed by atoms with Gasteiger partial charge in [0.1, 0.15) is 5.76 Å². The van der Waals surface area contributed by atoms with Crippen molar-refractivity contribution in [3.05, 3.63) is 24.2 Å². The molecule has 1 atom stereocenters. The lowest BCUT2D eigenvalue weighted by Gasteiger charge is -2.24. The van der Waals surface area contributed by atoms with E-state index in [-0.39, 0.29) is 5.91 Å². The van der Waals surface area contributed by atoms with Crippen molar-refractivity contribution in [2.75, 3.05) is 6.54 Å². The van der Waals surface area contributed by atoms with Crippen molar-refractivity contribution in [1.29, 1.82) is 5.26 Å². The number of hydrogen-bond acceptors (Lipinski definition) is 4. The number of nitrogens with zero attached hydrogens (tertiary/aromatic N) is 2. The third-order valence-corrected chi connectivity index (χ3v) is 2.77. The molecule has 0 radical (unpaired) electrons. The van der Waals surface area contributed by atoms with Crippen LogP contribution in [0.4, 0.5) is 0 Å². The van der Waals surface area contributed by atoms with Gasteiger partial charge in [-0.05, 0) is 24.5 Å². The number of amides is 1. The van der Waals surface area contributed by atoms with E-state index in [4.69, 9.17) is 15.4 Å². The second kappa shape index (κ2) is 7.59. The number of carbonyl (C=O) groups is 1. The van der Waals surface area contributed by atoms with Crippen molar-refractivity contribution in [2.24, 2.45) is 11.7 Å². The van der Waals surface area contributed by atoms with Crippen LogP contribution in [0.15, 0.2) is 22.8 Å². The molecule has 1 unspecified atom stereocenters. The van der Waals surface area contributed by atoms with Crippen LogP contribution in [0.2, 0.25) is 0 Å². The molecule has 1 heterocycles. The largest absolute Gasteiger partial charge is 0.467 e. The summed E-state index contributed by atoms with van der Waals surface area (Å²) in [4.78, 5) is 13.9. The number of nitrogens with two attached hydrogens (primary N) is 1. The third kappa shape index (κ3) is 5.14. The quantitative estimate of drug-likeness (QED) is 0.814. The lowest BCUT2D eigenvalue weighted by Crippen LogP contribution is -2.44. The first kappa shape index (κ1) is 15.3. The summed E-state index contributed by atoms with van der Waals surface area (Å²) in [5.74, 6) is 0.934. The van der Waals surface area contributed by atoms with Gasteiger partial charge in [0.25, 0.3) is 0 Å². The third-order valence-electron chi connectivity index (χ3n) is 2.77. The summed E-state index contributed by atoms with van der Waals surface area (Å²) >= 11 is 0. The highest BCUT2D eigenvalue weighted by molar-refractivity contribution is 5.81. The van der Waals surface area contributed by atoms with E-state index in [1.807, 2.05) is 19.9 Å². The van der Waals surface area contributed by atoms with E-state index >= 15 is 0 Å². The summed E-state index contributed by atoms with van der Waals surface area (Å²) in [6, 6.07) is 5.11. The lowest BCUT2D eigenvalue weighted by atomic mass is 10.0. The summed E-state index contributed by atoms with van der Waals surface area (Å²) in [5, 5.41) is 8.66. The fourth-order valence-corrected chi connectivity index (χ4v) is 1.89. The molecule has 0 aliphatic rings. The molecule has 19 heavy (non-hydrogen) atoms. The van der Waals surface area contributed by atoms with Gasteiger partial charge in [-0.3, -0.25) is 4.79 Å². The van der Waals surface area contributed by atoms with Gasteiger partial charge in [0.2, 0.25) is 5.91 Å². The van der Waals surface area contributed by atoms with Crippen molar-refractivity contribution in [3.8, 4) is 6.07 Å². The number of rotatable bonds is 7. The van der Waals surface area contributed by atoms with E-state index in [0.29, 0.717) is 37.6 Å². The Kier molecular flexibility index (Phi) is 6.10. The molecule has 1 aromatic rings. The average Bonchev–Trinajstić information content (AvgIpc) is 2.85. The topological polar surface area (TPSA) is 83.3 Å². The molecule has 0 saturated carbocycles. The number of furan rings is 1. The Morgan fingerprint density at radius 3 is 2.84 bits per heavy atom. The number of nitriles is 1. The molecule has 0 fully saturated rings. The second-order valence-electron chi connectivity index (χ2n) is 4.98. The lowest BCUT2D eigenvalue weighted by molar-refractivity contribution is -0.133. The van der Waals surface area contributed by atoms with Crippen molar-refractivity contribution < 1.29 is 9.21 Å². The van der Waals surface area contributed by atoms with Crippen LogP contribution in [0.5, 0.6) is 0 Å². The Hall–Kier alpha value is -1.80. The molecule has 1 aromatic heterocycles. The van der Waals surface area contributed by atoms with E-state index < -0.39 is 6.04 Å². The molecule has 0 aliphatic heterocycles. The van der Waals surface area contributed by atoms with Crippen LogP contribution in [-0.4, -0.2) is 23.4 Å². The zero-order valence-electron chi connectivity index (χ0n) is 11.5. The number of carbonyl (C=O) groups excluding carboxylic acids is 1. The van der Waals surface area contributed by atoms with Crippen LogP contribution >= 0.6 is 0 Å². The van der Waals surface area contributed by atoms with Gasteiger partial charge in [0.05, 0.1) is 31.3 Å². The fourth-order valence-electron chi connectivity index (χ4n) is 1.89. The fraction of sp³-hybridized carbons (Fsp3) is 0.571. The van der Waals surface area contributed by atoms with E-state index in [0.717, 1.165) is 0 Å². The van der Waals surface area contributed by atoms with E-state index in [1.165, 1.54) is 0 Å². The standard InChI is InChI=1S/C14H21N3O2/c1-11(2)9-13(16)14(18)17(7-4-6-15)10-12-5-3-8-19-12/h3,5,8,11,13H,4,7,9-10,16H2,1-2H3. The normalized spacial score (nSPS) is 12.2. The Balaban J connectivity index is 2.67. The van der Waals surface area contributed by atoms with Gasteiger partial charge in [-0.1, -0.05) is 13.8 Å².